The highest BCUT2D eigenvalue weighted by atomic mass is 19.1. The average molecular weight is 335 g/mol. The lowest BCUT2D eigenvalue weighted by atomic mass is 9.88. The van der Waals surface area contributed by atoms with Crippen molar-refractivity contribution in [2.75, 3.05) is 13.1 Å². The van der Waals surface area contributed by atoms with Crippen LogP contribution in [0.2, 0.25) is 0 Å². The van der Waals surface area contributed by atoms with E-state index in [1.54, 1.807) is 18.4 Å². The van der Waals surface area contributed by atoms with E-state index in [9.17, 15) is 4.39 Å². The number of furan rings is 1. The van der Waals surface area contributed by atoms with Crippen molar-refractivity contribution in [3.8, 4) is 0 Å². The summed E-state index contributed by atoms with van der Waals surface area (Å²) in [6.45, 7) is 2.23. The summed E-state index contributed by atoms with van der Waals surface area (Å²) in [5.41, 5.74) is 4.95. The third kappa shape index (κ3) is 2.67. The molecule has 0 N–H and O–H groups in total. The van der Waals surface area contributed by atoms with Crippen LogP contribution in [-0.4, -0.2) is 24.0 Å². The molecule has 3 aromatic rings. The first-order chi connectivity index (χ1) is 12.3. The standard InChI is InChI=1S/C22H22FNO/c23-19-5-4-17-13-20(14-18(17)12-19)24-9-6-15(7-10-24)21-3-1-2-16-8-11-25-22(16)21/h1-5,8,11-12,15,20H,6-7,9-10,13-14H2. The third-order valence-electron chi connectivity index (χ3n) is 6.07. The Kier molecular flexibility index (Phi) is 3.63. The van der Waals surface area contributed by atoms with E-state index in [1.807, 2.05) is 12.1 Å². The maximum Gasteiger partial charge on any atom is 0.137 e. The quantitative estimate of drug-likeness (QED) is 0.661. The topological polar surface area (TPSA) is 16.4 Å². The summed E-state index contributed by atoms with van der Waals surface area (Å²) >= 11 is 0. The van der Waals surface area contributed by atoms with E-state index in [0.29, 0.717) is 12.0 Å². The Bertz CT molecular complexity index is 907. The van der Waals surface area contributed by atoms with Crippen LogP contribution in [0.4, 0.5) is 4.39 Å². The van der Waals surface area contributed by atoms with Crippen molar-refractivity contribution in [1.29, 1.82) is 0 Å². The minimum Gasteiger partial charge on any atom is -0.464 e. The highest BCUT2D eigenvalue weighted by Crippen LogP contribution is 2.35. The zero-order chi connectivity index (χ0) is 16.8. The minimum absolute atomic E-state index is 0.107. The SMILES string of the molecule is Fc1ccc2c(c1)CC(N1CCC(c3cccc4ccoc34)CC1)C2. The second-order valence-corrected chi connectivity index (χ2v) is 7.47. The number of nitrogens with zero attached hydrogens (tertiary/aromatic N) is 1. The summed E-state index contributed by atoms with van der Waals surface area (Å²) in [6.07, 6.45) is 6.18. The van der Waals surface area contributed by atoms with Crippen LogP contribution >= 0.6 is 0 Å². The van der Waals surface area contributed by atoms with Crippen molar-refractivity contribution in [1.82, 2.24) is 4.90 Å². The fraction of sp³-hybridized carbons (Fsp3) is 0.364. The number of fused-ring (bicyclic) bond motifs is 2. The second-order valence-electron chi connectivity index (χ2n) is 7.47. The molecule has 0 radical (unpaired) electrons. The van der Waals surface area contributed by atoms with Gasteiger partial charge in [-0.2, -0.15) is 0 Å². The molecular formula is C22H22FNO. The maximum absolute atomic E-state index is 13.4. The number of likely N-dealkylation sites (tertiary alicyclic amines) is 1. The molecule has 1 aliphatic carbocycles. The first-order valence-corrected chi connectivity index (χ1v) is 9.25. The Balaban J connectivity index is 1.29. The van der Waals surface area contributed by atoms with Crippen molar-refractivity contribution in [3.05, 3.63) is 71.2 Å². The van der Waals surface area contributed by atoms with Gasteiger partial charge in [-0.3, -0.25) is 4.90 Å². The Morgan fingerprint density at radius 1 is 0.960 bits per heavy atom. The van der Waals surface area contributed by atoms with E-state index in [2.05, 4.69) is 23.1 Å². The van der Waals surface area contributed by atoms with Crippen LogP contribution in [-0.2, 0) is 12.8 Å². The van der Waals surface area contributed by atoms with Gasteiger partial charge in [-0.15, -0.1) is 0 Å². The Morgan fingerprint density at radius 2 is 1.80 bits per heavy atom. The highest BCUT2D eigenvalue weighted by Gasteiger charge is 2.31. The van der Waals surface area contributed by atoms with Crippen LogP contribution in [0.3, 0.4) is 0 Å². The molecule has 1 fully saturated rings. The van der Waals surface area contributed by atoms with Gasteiger partial charge in [0.25, 0.3) is 0 Å². The fourth-order valence-electron chi connectivity index (χ4n) is 4.73. The Morgan fingerprint density at radius 3 is 2.68 bits per heavy atom. The largest absolute Gasteiger partial charge is 0.464 e. The zero-order valence-electron chi connectivity index (χ0n) is 14.2. The van der Waals surface area contributed by atoms with E-state index in [4.69, 9.17) is 4.42 Å². The van der Waals surface area contributed by atoms with Gasteiger partial charge in [0.2, 0.25) is 0 Å². The molecule has 1 aliphatic heterocycles. The molecule has 1 aromatic heterocycles. The Hall–Kier alpha value is -2.13. The van der Waals surface area contributed by atoms with Crippen molar-refractivity contribution >= 4 is 11.0 Å². The molecule has 0 amide bonds. The molecular weight excluding hydrogens is 313 g/mol. The van der Waals surface area contributed by atoms with Crippen LogP contribution in [0.15, 0.2) is 53.1 Å². The number of piperidine rings is 1. The highest BCUT2D eigenvalue weighted by molar-refractivity contribution is 5.80. The van der Waals surface area contributed by atoms with E-state index >= 15 is 0 Å². The summed E-state index contributed by atoms with van der Waals surface area (Å²) in [7, 11) is 0. The van der Waals surface area contributed by atoms with Gasteiger partial charge in [-0.05, 0) is 79.6 Å². The van der Waals surface area contributed by atoms with Gasteiger partial charge in [-0.25, -0.2) is 4.39 Å². The normalized spacial score (nSPS) is 21.7. The third-order valence-corrected chi connectivity index (χ3v) is 6.07. The van der Waals surface area contributed by atoms with Gasteiger partial charge in [0.1, 0.15) is 11.4 Å². The lowest BCUT2D eigenvalue weighted by Gasteiger charge is -2.36. The van der Waals surface area contributed by atoms with Gasteiger partial charge < -0.3 is 4.42 Å². The molecule has 1 unspecified atom stereocenters. The molecule has 128 valence electrons. The molecule has 2 heterocycles. The van der Waals surface area contributed by atoms with Gasteiger partial charge in [0, 0.05) is 11.4 Å². The number of para-hydroxylation sites is 1. The lowest BCUT2D eigenvalue weighted by molar-refractivity contribution is 0.156. The van der Waals surface area contributed by atoms with E-state index in [1.165, 1.54) is 34.9 Å². The van der Waals surface area contributed by atoms with E-state index in [0.717, 1.165) is 31.5 Å². The molecule has 0 spiro atoms. The molecule has 0 saturated carbocycles. The summed E-state index contributed by atoms with van der Waals surface area (Å²) in [6, 6.07) is 14.3. The summed E-state index contributed by atoms with van der Waals surface area (Å²) in [5.74, 6) is 0.469. The first-order valence-electron chi connectivity index (χ1n) is 9.25. The molecule has 5 rings (SSSR count). The van der Waals surface area contributed by atoms with E-state index in [-0.39, 0.29) is 5.82 Å². The Labute approximate surface area is 147 Å². The molecule has 3 heteroatoms. The molecule has 2 aliphatic rings. The van der Waals surface area contributed by atoms with Gasteiger partial charge in [-0.1, -0.05) is 24.3 Å². The van der Waals surface area contributed by atoms with Crippen molar-refractivity contribution in [2.45, 2.75) is 37.6 Å². The first kappa shape index (κ1) is 15.2. The molecule has 25 heavy (non-hydrogen) atoms. The van der Waals surface area contributed by atoms with Gasteiger partial charge in [0.15, 0.2) is 0 Å². The fourth-order valence-corrected chi connectivity index (χ4v) is 4.73. The number of hydrogen-bond donors (Lipinski definition) is 0. The summed E-state index contributed by atoms with van der Waals surface area (Å²) in [4.78, 5) is 2.61. The predicted octanol–water partition coefficient (Wildman–Crippen LogP) is 4.92. The number of hydrogen-bond acceptors (Lipinski definition) is 2. The maximum atomic E-state index is 13.4. The molecule has 1 atom stereocenters. The monoisotopic (exact) mass is 335 g/mol. The van der Waals surface area contributed by atoms with Crippen LogP contribution in [0, 0.1) is 5.82 Å². The smallest absolute Gasteiger partial charge is 0.137 e. The molecule has 2 nitrogen and oxygen atoms in total. The average Bonchev–Trinajstić information content (AvgIpc) is 3.27. The summed E-state index contributed by atoms with van der Waals surface area (Å²) < 4.78 is 19.2. The van der Waals surface area contributed by atoms with Crippen LogP contribution < -0.4 is 0 Å². The number of rotatable bonds is 2. The molecule has 1 saturated heterocycles. The van der Waals surface area contributed by atoms with Gasteiger partial charge in [0.05, 0.1) is 6.26 Å². The number of benzene rings is 2. The second kappa shape index (κ2) is 5.99. The van der Waals surface area contributed by atoms with Crippen LogP contribution in [0.1, 0.15) is 35.4 Å². The minimum atomic E-state index is -0.107. The predicted molar refractivity (Wildman–Crippen MR) is 97.4 cm³/mol. The van der Waals surface area contributed by atoms with Crippen molar-refractivity contribution in [3.63, 3.8) is 0 Å². The molecule has 2 aromatic carbocycles. The molecule has 0 bridgehead atoms. The van der Waals surface area contributed by atoms with Crippen molar-refractivity contribution in [2.24, 2.45) is 0 Å². The zero-order valence-corrected chi connectivity index (χ0v) is 14.2. The number of halogens is 1. The van der Waals surface area contributed by atoms with E-state index < -0.39 is 0 Å². The van der Waals surface area contributed by atoms with Crippen molar-refractivity contribution < 1.29 is 8.81 Å². The lowest BCUT2D eigenvalue weighted by Crippen LogP contribution is -2.41. The summed E-state index contributed by atoms with van der Waals surface area (Å²) in [5, 5.41) is 1.20. The van der Waals surface area contributed by atoms with Crippen LogP contribution in [0.25, 0.3) is 11.0 Å². The van der Waals surface area contributed by atoms with Crippen LogP contribution in [0.5, 0.6) is 0 Å². The van der Waals surface area contributed by atoms with Gasteiger partial charge >= 0.3 is 0 Å².